The van der Waals surface area contributed by atoms with Crippen LogP contribution in [0.4, 0.5) is 0 Å². The lowest BCUT2D eigenvalue weighted by Gasteiger charge is -2.06. The van der Waals surface area contributed by atoms with E-state index in [0.29, 0.717) is 0 Å². The number of hydrogen-bond donors (Lipinski definition) is 1. The van der Waals surface area contributed by atoms with E-state index < -0.39 is 0 Å². The predicted molar refractivity (Wildman–Crippen MR) is 62.4 cm³/mol. The van der Waals surface area contributed by atoms with Crippen molar-refractivity contribution in [2.45, 2.75) is 6.04 Å². The minimum absolute atomic E-state index is 0.0220. The largest absolute Gasteiger partial charge is 0.320 e. The maximum Gasteiger partial charge on any atom is 0.0701 e. The van der Waals surface area contributed by atoms with Gasteiger partial charge in [0.05, 0.1) is 9.83 Å². The Labute approximate surface area is 93.3 Å². The van der Waals surface area contributed by atoms with Crippen molar-refractivity contribution in [1.82, 2.24) is 0 Å². The van der Waals surface area contributed by atoms with Crippen LogP contribution in [0.2, 0.25) is 0 Å². The van der Waals surface area contributed by atoms with Crippen LogP contribution in [0.5, 0.6) is 0 Å². The Kier molecular flexibility index (Phi) is 2.83. The minimum atomic E-state index is 0.0220. The van der Waals surface area contributed by atoms with Crippen molar-refractivity contribution in [3.63, 3.8) is 0 Å². The van der Waals surface area contributed by atoms with Gasteiger partial charge in [-0.2, -0.15) is 11.3 Å². The maximum atomic E-state index is 6.07. The van der Waals surface area contributed by atoms with Gasteiger partial charge in [0.25, 0.3) is 0 Å². The van der Waals surface area contributed by atoms with Crippen molar-refractivity contribution < 1.29 is 0 Å². The Hall–Kier alpha value is -0.160. The molecule has 0 fully saturated rings. The maximum absolute atomic E-state index is 6.07. The second kappa shape index (κ2) is 3.92. The summed E-state index contributed by atoms with van der Waals surface area (Å²) < 4.78 is 1.13. The molecule has 2 aromatic rings. The van der Waals surface area contributed by atoms with Crippen LogP contribution < -0.4 is 5.73 Å². The molecule has 0 aliphatic carbocycles. The molecule has 1 nitrogen and oxygen atoms in total. The average Bonchev–Trinajstić information content (AvgIpc) is 2.72. The SMILES string of the molecule is NC(c1ccsc1)c1csc(Br)c1. The second-order valence-electron chi connectivity index (χ2n) is 2.72. The lowest BCUT2D eigenvalue weighted by atomic mass is 10.1. The smallest absolute Gasteiger partial charge is 0.0701 e. The van der Waals surface area contributed by atoms with Gasteiger partial charge in [-0.3, -0.25) is 0 Å². The van der Waals surface area contributed by atoms with E-state index in [4.69, 9.17) is 5.73 Å². The van der Waals surface area contributed by atoms with Gasteiger partial charge in [-0.15, -0.1) is 11.3 Å². The van der Waals surface area contributed by atoms with Crippen LogP contribution in [0, 0.1) is 0 Å². The van der Waals surface area contributed by atoms with E-state index >= 15 is 0 Å². The number of nitrogens with two attached hydrogens (primary N) is 1. The summed E-state index contributed by atoms with van der Waals surface area (Å²) >= 11 is 6.78. The van der Waals surface area contributed by atoms with E-state index in [1.807, 2.05) is 0 Å². The molecule has 4 heteroatoms. The first-order valence-electron chi connectivity index (χ1n) is 3.79. The molecule has 2 aromatic heterocycles. The van der Waals surface area contributed by atoms with E-state index in [0.717, 1.165) is 3.79 Å². The van der Waals surface area contributed by atoms with Gasteiger partial charge in [0.1, 0.15) is 0 Å². The molecule has 2 heterocycles. The minimum Gasteiger partial charge on any atom is -0.320 e. The van der Waals surface area contributed by atoms with E-state index in [2.05, 4.69) is 44.2 Å². The van der Waals surface area contributed by atoms with Gasteiger partial charge in [0, 0.05) is 0 Å². The quantitative estimate of drug-likeness (QED) is 0.889. The zero-order valence-corrected chi connectivity index (χ0v) is 9.95. The third-order valence-electron chi connectivity index (χ3n) is 1.85. The van der Waals surface area contributed by atoms with E-state index in [-0.39, 0.29) is 6.04 Å². The molecule has 2 N–H and O–H groups in total. The molecule has 0 bridgehead atoms. The molecule has 1 atom stereocenters. The van der Waals surface area contributed by atoms with Crippen LogP contribution in [0.15, 0.2) is 32.1 Å². The summed E-state index contributed by atoms with van der Waals surface area (Å²) in [5.74, 6) is 0. The standard InChI is InChI=1S/C9H8BrNS2/c10-8-3-7(5-13-8)9(11)6-1-2-12-4-6/h1-5,9H,11H2. The van der Waals surface area contributed by atoms with Gasteiger partial charge in [-0.05, 0) is 55.3 Å². The summed E-state index contributed by atoms with van der Waals surface area (Å²) in [7, 11) is 0. The molecule has 0 saturated carbocycles. The van der Waals surface area contributed by atoms with Gasteiger partial charge in [0.15, 0.2) is 0 Å². The third kappa shape index (κ3) is 2.02. The fourth-order valence-corrected chi connectivity index (χ4v) is 3.04. The van der Waals surface area contributed by atoms with Gasteiger partial charge in [-0.1, -0.05) is 0 Å². The van der Waals surface area contributed by atoms with Crippen LogP contribution in [0.3, 0.4) is 0 Å². The van der Waals surface area contributed by atoms with Crippen molar-refractivity contribution in [1.29, 1.82) is 0 Å². The van der Waals surface area contributed by atoms with Crippen molar-refractivity contribution in [2.24, 2.45) is 5.73 Å². The zero-order chi connectivity index (χ0) is 9.26. The number of hydrogen-bond acceptors (Lipinski definition) is 3. The first kappa shape index (κ1) is 9.40. The van der Waals surface area contributed by atoms with Crippen LogP contribution in [-0.2, 0) is 0 Å². The Bertz CT molecular complexity index is 380. The third-order valence-corrected chi connectivity index (χ3v) is 4.07. The first-order valence-corrected chi connectivity index (χ1v) is 6.40. The lowest BCUT2D eigenvalue weighted by molar-refractivity contribution is 0.882. The van der Waals surface area contributed by atoms with Crippen LogP contribution in [-0.4, -0.2) is 0 Å². The summed E-state index contributed by atoms with van der Waals surface area (Å²) in [5, 5.41) is 6.24. The van der Waals surface area contributed by atoms with Crippen LogP contribution in [0.1, 0.15) is 17.2 Å². The molecule has 2 rings (SSSR count). The predicted octanol–water partition coefficient (Wildman–Crippen LogP) is 3.62. The van der Waals surface area contributed by atoms with Crippen molar-refractivity contribution in [3.05, 3.63) is 43.2 Å². The van der Waals surface area contributed by atoms with Crippen LogP contribution >= 0.6 is 38.6 Å². The monoisotopic (exact) mass is 273 g/mol. The highest BCUT2D eigenvalue weighted by Crippen LogP contribution is 2.28. The summed E-state index contributed by atoms with van der Waals surface area (Å²) in [6, 6.07) is 4.17. The molecular formula is C9H8BrNS2. The molecule has 1 unspecified atom stereocenters. The molecule has 0 aromatic carbocycles. The Balaban J connectivity index is 2.28. The van der Waals surface area contributed by atoms with Gasteiger partial charge in [-0.25, -0.2) is 0 Å². The van der Waals surface area contributed by atoms with Gasteiger partial charge in [0.2, 0.25) is 0 Å². The van der Waals surface area contributed by atoms with E-state index in [1.54, 1.807) is 22.7 Å². The Morgan fingerprint density at radius 3 is 2.69 bits per heavy atom. The molecule has 0 amide bonds. The molecule has 0 radical (unpaired) electrons. The number of halogens is 1. The van der Waals surface area contributed by atoms with Crippen molar-refractivity contribution in [2.75, 3.05) is 0 Å². The van der Waals surface area contributed by atoms with Gasteiger partial charge >= 0.3 is 0 Å². The molecule has 68 valence electrons. The van der Waals surface area contributed by atoms with E-state index in [9.17, 15) is 0 Å². The van der Waals surface area contributed by atoms with Crippen molar-refractivity contribution >= 4 is 38.6 Å². The highest BCUT2D eigenvalue weighted by atomic mass is 79.9. The first-order chi connectivity index (χ1) is 6.27. The summed E-state index contributed by atoms with van der Waals surface area (Å²) in [6.45, 7) is 0. The number of thiophene rings is 2. The molecule has 0 spiro atoms. The second-order valence-corrected chi connectivity index (χ2v) is 5.79. The van der Waals surface area contributed by atoms with Crippen molar-refractivity contribution in [3.8, 4) is 0 Å². The molecular weight excluding hydrogens is 266 g/mol. The normalized spacial score (nSPS) is 13.1. The summed E-state index contributed by atoms with van der Waals surface area (Å²) in [5.41, 5.74) is 8.43. The topological polar surface area (TPSA) is 26.0 Å². The summed E-state index contributed by atoms with van der Waals surface area (Å²) in [4.78, 5) is 0. The fourth-order valence-electron chi connectivity index (χ4n) is 1.13. The molecule has 0 aliphatic rings. The zero-order valence-electron chi connectivity index (χ0n) is 6.74. The van der Waals surface area contributed by atoms with Gasteiger partial charge < -0.3 is 5.73 Å². The Morgan fingerprint density at radius 1 is 1.31 bits per heavy atom. The summed E-state index contributed by atoms with van der Waals surface area (Å²) in [6.07, 6.45) is 0. The fraction of sp³-hybridized carbons (Fsp3) is 0.111. The van der Waals surface area contributed by atoms with Crippen LogP contribution in [0.25, 0.3) is 0 Å². The molecule has 0 saturated heterocycles. The highest BCUT2D eigenvalue weighted by Gasteiger charge is 2.10. The lowest BCUT2D eigenvalue weighted by Crippen LogP contribution is -2.09. The van der Waals surface area contributed by atoms with E-state index in [1.165, 1.54) is 11.1 Å². The Morgan fingerprint density at radius 2 is 2.15 bits per heavy atom. The number of rotatable bonds is 2. The molecule has 0 aliphatic heterocycles. The highest BCUT2D eigenvalue weighted by molar-refractivity contribution is 9.11. The molecule has 13 heavy (non-hydrogen) atoms. The average molecular weight is 274 g/mol.